The average Bonchev–Trinajstić information content (AvgIpc) is 3.49. The smallest absolute Gasteiger partial charge is 0.462 e. The summed E-state index contributed by atoms with van der Waals surface area (Å²) < 4.78 is 34.8. The number of carbonyl (C=O) groups excluding carboxylic acids is 2. The quantitative estimate of drug-likeness (QED) is 0.0211. The fourth-order valence-corrected chi connectivity index (χ4v) is 11.9. The van der Waals surface area contributed by atoms with Crippen molar-refractivity contribution in [2.24, 2.45) is 0 Å². The molecule has 0 amide bonds. The fourth-order valence-electron chi connectivity index (χ4n) is 11.1. The van der Waals surface area contributed by atoms with Gasteiger partial charge in [-0.25, -0.2) is 4.57 Å². The van der Waals surface area contributed by atoms with Crippen molar-refractivity contribution in [3.8, 4) is 0 Å². The standard InChI is InChI=1S/C73H142NO8P/c1-6-8-10-12-14-16-18-20-22-24-26-28-30-32-34-35-36-37-38-40-41-43-45-47-49-51-53-55-57-59-61-63-65-72(75)79-69-71(70-81-83(77,78)80-68-67-74(3,4)5)82-73(76)66-64-62-60-58-56-54-52-50-48-46-44-42-39-33-31-29-27-25-23-21-19-17-15-13-11-9-7-2/h19,21,25,27,71H,6-18,20,22-24,26,28-70H2,1-5H3/p+1/b21-19-,27-25-. The molecule has 0 aliphatic rings. The van der Waals surface area contributed by atoms with Crippen LogP contribution in [0.2, 0.25) is 0 Å². The highest BCUT2D eigenvalue weighted by Gasteiger charge is 2.27. The second-order valence-electron chi connectivity index (χ2n) is 26.3. The predicted molar refractivity (Wildman–Crippen MR) is 358 cm³/mol. The number of rotatable bonds is 69. The minimum atomic E-state index is -4.39. The van der Waals surface area contributed by atoms with Gasteiger partial charge in [0.1, 0.15) is 19.8 Å². The second kappa shape index (κ2) is 64.9. The van der Waals surface area contributed by atoms with Gasteiger partial charge < -0.3 is 18.9 Å². The number of carbonyl (C=O) groups is 2. The number of ether oxygens (including phenoxy) is 2. The highest BCUT2D eigenvalue weighted by atomic mass is 31.2. The molecule has 0 saturated carbocycles. The highest BCUT2D eigenvalue weighted by molar-refractivity contribution is 7.47. The molecule has 0 saturated heterocycles. The van der Waals surface area contributed by atoms with Crippen LogP contribution in [-0.4, -0.2) is 74.9 Å². The van der Waals surface area contributed by atoms with Gasteiger partial charge in [0.05, 0.1) is 27.7 Å². The minimum Gasteiger partial charge on any atom is -0.462 e. The molecule has 0 aromatic carbocycles. The number of nitrogens with zero attached hydrogens (tertiary/aromatic N) is 1. The summed E-state index contributed by atoms with van der Waals surface area (Å²) in [4.78, 5) is 35.9. The average molecular weight is 1190 g/mol. The van der Waals surface area contributed by atoms with Crippen molar-refractivity contribution in [3.05, 3.63) is 24.3 Å². The lowest BCUT2D eigenvalue weighted by Crippen LogP contribution is -2.37. The van der Waals surface area contributed by atoms with E-state index in [0.29, 0.717) is 23.9 Å². The predicted octanol–water partition coefficient (Wildman–Crippen LogP) is 23.7. The third-order valence-electron chi connectivity index (χ3n) is 16.7. The molecular weight excluding hydrogens is 1050 g/mol. The maximum Gasteiger partial charge on any atom is 0.472 e. The molecule has 0 fully saturated rings. The normalized spacial score (nSPS) is 13.2. The van der Waals surface area contributed by atoms with Crippen LogP contribution in [0.5, 0.6) is 0 Å². The van der Waals surface area contributed by atoms with Crippen LogP contribution in [0.25, 0.3) is 0 Å². The van der Waals surface area contributed by atoms with Crippen LogP contribution in [0.15, 0.2) is 24.3 Å². The van der Waals surface area contributed by atoms with Gasteiger partial charge in [-0.05, 0) is 44.9 Å². The lowest BCUT2D eigenvalue weighted by molar-refractivity contribution is -0.870. The zero-order chi connectivity index (χ0) is 60.5. The molecule has 0 radical (unpaired) electrons. The zero-order valence-corrected chi connectivity index (χ0v) is 57.1. The number of unbranched alkanes of at least 4 members (excludes halogenated alkanes) is 51. The van der Waals surface area contributed by atoms with Gasteiger partial charge in [-0.3, -0.25) is 18.6 Å². The van der Waals surface area contributed by atoms with Crippen molar-refractivity contribution in [2.75, 3.05) is 47.5 Å². The van der Waals surface area contributed by atoms with Crippen molar-refractivity contribution in [1.29, 1.82) is 0 Å². The van der Waals surface area contributed by atoms with Crippen LogP contribution in [-0.2, 0) is 32.7 Å². The van der Waals surface area contributed by atoms with Gasteiger partial charge in [-0.15, -0.1) is 0 Å². The molecule has 0 bridgehead atoms. The molecule has 0 rings (SSSR count). The SMILES string of the molecule is CCCCCCC/C=C\C/C=C\CCCCCCCCCCCCCCCCCC(=O)OC(COC(=O)CCCCCCCCCCCCCCCCCCCCCCCCCCCCCCCCCC)COP(=O)(O)OCC[N+](C)(C)C. The molecule has 0 aliphatic carbocycles. The lowest BCUT2D eigenvalue weighted by atomic mass is 10.0. The fraction of sp³-hybridized carbons (Fsp3) is 0.918. The van der Waals surface area contributed by atoms with E-state index in [2.05, 4.69) is 38.2 Å². The Morgan fingerprint density at radius 1 is 0.373 bits per heavy atom. The molecule has 9 nitrogen and oxygen atoms in total. The summed E-state index contributed by atoms with van der Waals surface area (Å²) in [6, 6.07) is 0. The number of esters is 2. The number of hydrogen-bond acceptors (Lipinski definition) is 7. The van der Waals surface area contributed by atoms with Crippen molar-refractivity contribution >= 4 is 19.8 Å². The first-order chi connectivity index (χ1) is 40.5. The van der Waals surface area contributed by atoms with Gasteiger partial charge >= 0.3 is 19.8 Å². The van der Waals surface area contributed by atoms with E-state index >= 15 is 0 Å². The van der Waals surface area contributed by atoms with Gasteiger partial charge in [-0.1, -0.05) is 346 Å². The van der Waals surface area contributed by atoms with E-state index in [1.165, 1.54) is 308 Å². The molecule has 0 aromatic rings. The summed E-state index contributed by atoms with van der Waals surface area (Å²) in [7, 11) is 1.50. The number of likely N-dealkylation sites (N-methyl/N-ethyl adjacent to an activating group) is 1. The van der Waals surface area contributed by atoms with Crippen molar-refractivity contribution in [3.63, 3.8) is 0 Å². The Labute approximate surface area is 517 Å². The van der Waals surface area contributed by atoms with E-state index in [1.54, 1.807) is 0 Å². The molecular formula is C73H143NO8P+. The number of phosphoric acid groups is 1. The number of allylic oxidation sites excluding steroid dienone is 4. The Morgan fingerprint density at radius 3 is 0.952 bits per heavy atom. The molecule has 1 N–H and O–H groups in total. The molecule has 2 unspecified atom stereocenters. The van der Waals surface area contributed by atoms with Crippen LogP contribution in [0.3, 0.4) is 0 Å². The molecule has 0 aromatic heterocycles. The molecule has 10 heteroatoms. The molecule has 0 heterocycles. The Hall–Kier alpha value is -1.51. The van der Waals surface area contributed by atoms with Gasteiger partial charge in [0.15, 0.2) is 6.10 Å². The Kier molecular flexibility index (Phi) is 63.8. The van der Waals surface area contributed by atoms with E-state index in [-0.39, 0.29) is 25.6 Å². The van der Waals surface area contributed by atoms with Crippen LogP contribution in [0, 0.1) is 0 Å². The summed E-state index contributed by atoms with van der Waals surface area (Å²) >= 11 is 0. The maximum absolute atomic E-state index is 12.9. The van der Waals surface area contributed by atoms with Crippen LogP contribution < -0.4 is 0 Å². The van der Waals surface area contributed by atoms with E-state index in [4.69, 9.17) is 18.5 Å². The summed E-state index contributed by atoms with van der Waals surface area (Å²) in [5, 5.41) is 0. The van der Waals surface area contributed by atoms with Crippen LogP contribution >= 0.6 is 7.82 Å². The third kappa shape index (κ3) is 69.5. The monoisotopic (exact) mass is 1190 g/mol. The maximum atomic E-state index is 12.9. The first-order valence-electron chi connectivity index (χ1n) is 36.6. The Morgan fingerprint density at radius 2 is 0.651 bits per heavy atom. The molecule has 0 aliphatic heterocycles. The first-order valence-corrected chi connectivity index (χ1v) is 38.1. The van der Waals surface area contributed by atoms with Crippen LogP contribution in [0.1, 0.15) is 380 Å². The topological polar surface area (TPSA) is 108 Å². The Balaban J connectivity index is 3.96. The summed E-state index contributed by atoms with van der Waals surface area (Å²) in [6.07, 6.45) is 81.6. The highest BCUT2D eigenvalue weighted by Crippen LogP contribution is 2.43. The molecule has 83 heavy (non-hydrogen) atoms. The molecule has 0 spiro atoms. The number of quaternary nitrogens is 1. The summed E-state index contributed by atoms with van der Waals surface area (Å²) in [6.45, 7) is 4.50. The second-order valence-corrected chi connectivity index (χ2v) is 27.8. The number of phosphoric ester groups is 1. The van der Waals surface area contributed by atoms with Crippen molar-refractivity contribution in [2.45, 2.75) is 386 Å². The molecule has 2 atom stereocenters. The number of hydrogen-bond donors (Lipinski definition) is 1. The summed E-state index contributed by atoms with van der Waals surface area (Å²) in [5.74, 6) is -0.773. The first kappa shape index (κ1) is 81.5. The van der Waals surface area contributed by atoms with Crippen LogP contribution in [0.4, 0.5) is 0 Å². The summed E-state index contributed by atoms with van der Waals surface area (Å²) in [5.41, 5.74) is 0. The van der Waals surface area contributed by atoms with Gasteiger partial charge in [0.2, 0.25) is 0 Å². The largest absolute Gasteiger partial charge is 0.472 e. The third-order valence-corrected chi connectivity index (χ3v) is 17.7. The van der Waals surface area contributed by atoms with E-state index in [1.807, 2.05) is 21.1 Å². The van der Waals surface area contributed by atoms with Crippen molar-refractivity contribution in [1.82, 2.24) is 0 Å². The van der Waals surface area contributed by atoms with E-state index in [0.717, 1.165) is 38.5 Å². The van der Waals surface area contributed by atoms with E-state index < -0.39 is 26.5 Å². The minimum absolute atomic E-state index is 0.0352. The zero-order valence-electron chi connectivity index (χ0n) is 56.2. The molecule has 492 valence electrons. The lowest BCUT2D eigenvalue weighted by Gasteiger charge is -2.24. The van der Waals surface area contributed by atoms with E-state index in [9.17, 15) is 19.0 Å². The van der Waals surface area contributed by atoms with Gasteiger partial charge in [-0.2, -0.15) is 0 Å². The Bertz CT molecular complexity index is 1450. The van der Waals surface area contributed by atoms with Gasteiger partial charge in [0.25, 0.3) is 0 Å². The van der Waals surface area contributed by atoms with Crippen molar-refractivity contribution < 1.29 is 42.1 Å². The van der Waals surface area contributed by atoms with Gasteiger partial charge in [0, 0.05) is 12.8 Å².